The number of rotatable bonds is 7. The lowest BCUT2D eigenvalue weighted by atomic mass is 10.0. The van der Waals surface area contributed by atoms with Gasteiger partial charge in [-0.3, -0.25) is 4.99 Å². The molecule has 1 rings (SSSR count). The number of hydrogen-bond donors (Lipinski definition) is 2. The summed E-state index contributed by atoms with van der Waals surface area (Å²) in [6, 6.07) is 8.43. The van der Waals surface area contributed by atoms with Gasteiger partial charge in [-0.1, -0.05) is 32.0 Å². The first kappa shape index (κ1) is 21.0. The van der Waals surface area contributed by atoms with E-state index in [9.17, 15) is 0 Å². The monoisotopic (exact) mass is 419 g/mol. The number of nitrogens with one attached hydrogen (secondary N) is 2. The zero-order chi connectivity index (χ0) is 15.7. The Labute approximate surface area is 152 Å². The molecule has 0 saturated heterocycles. The Hall–Kier alpha value is -0.980. The number of halogens is 1. The molecule has 4 nitrogen and oxygen atoms in total. The molecule has 0 aromatic heterocycles. The summed E-state index contributed by atoms with van der Waals surface area (Å²) in [5.74, 6) is 2.46. The highest BCUT2D eigenvalue weighted by Crippen LogP contribution is 2.16. The molecule has 0 aliphatic heterocycles. The molecule has 22 heavy (non-hydrogen) atoms. The van der Waals surface area contributed by atoms with Gasteiger partial charge < -0.3 is 15.4 Å². The normalized spacial score (nSPS) is 12.5. The lowest BCUT2D eigenvalue weighted by Gasteiger charge is -2.19. The number of benzene rings is 1. The SMILES string of the molecule is CN=C(NCc1ccccc1OC)NC(C)CCC(C)C.I. The first-order valence-electron chi connectivity index (χ1n) is 7.65. The highest BCUT2D eigenvalue weighted by Gasteiger charge is 2.07. The molecule has 0 aliphatic carbocycles. The number of hydrogen-bond acceptors (Lipinski definition) is 2. The molecule has 0 radical (unpaired) electrons. The number of para-hydroxylation sites is 1. The third kappa shape index (κ3) is 7.87. The number of guanidine groups is 1. The van der Waals surface area contributed by atoms with Crippen LogP contribution in [0.3, 0.4) is 0 Å². The number of ether oxygens (including phenoxy) is 1. The maximum Gasteiger partial charge on any atom is 0.191 e. The van der Waals surface area contributed by atoms with Crippen LogP contribution >= 0.6 is 24.0 Å². The molecule has 1 unspecified atom stereocenters. The predicted molar refractivity (Wildman–Crippen MR) is 105 cm³/mol. The molecular formula is C17H30IN3O. The standard InChI is InChI=1S/C17H29N3O.HI/c1-13(2)10-11-14(3)20-17(18-4)19-12-15-8-6-7-9-16(15)21-5;/h6-9,13-14H,10-12H2,1-5H3,(H2,18,19,20);1H. The van der Waals surface area contributed by atoms with E-state index in [4.69, 9.17) is 4.74 Å². The summed E-state index contributed by atoms with van der Waals surface area (Å²) in [6.07, 6.45) is 2.37. The summed E-state index contributed by atoms with van der Waals surface area (Å²) in [4.78, 5) is 4.28. The summed E-state index contributed by atoms with van der Waals surface area (Å²) >= 11 is 0. The van der Waals surface area contributed by atoms with Gasteiger partial charge >= 0.3 is 0 Å². The fourth-order valence-corrected chi connectivity index (χ4v) is 2.11. The van der Waals surface area contributed by atoms with Crippen LogP contribution < -0.4 is 15.4 Å². The van der Waals surface area contributed by atoms with Gasteiger partial charge in [0.05, 0.1) is 7.11 Å². The number of nitrogens with zero attached hydrogens (tertiary/aromatic N) is 1. The van der Waals surface area contributed by atoms with Gasteiger partial charge in [-0.2, -0.15) is 0 Å². The molecule has 0 amide bonds. The van der Waals surface area contributed by atoms with Crippen molar-refractivity contribution < 1.29 is 4.74 Å². The van der Waals surface area contributed by atoms with Gasteiger partial charge in [0.15, 0.2) is 5.96 Å². The zero-order valence-electron chi connectivity index (χ0n) is 14.3. The van der Waals surface area contributed by atoms with Crippen LogP contribution in [0.15, 0.2) is 29.3 Å². The minimum Gasteiger partial charge on any atom is -0.496 e. The van der Waals surface area contributed by atoms with Gasteiger partial charge in [-0.15, -0.1) is 24.0 Å². The average Bonchev–Trinajstić information content (AvgIpc) is 2.49. The Bertz CT molecular complexity index is 449. The van der Waals surface area contributed by atoms with E-state index >= 15 is 0 Å². The van der Waals surface area contributed by atoms with E-state index < -0.39 is 0 Å². The Morgan fingerprint density at radius 2 is 1.86 bits per heavy atom. The third-order valence-electron chi connectivity index (χ3n) is 3.42. The Morgan fingerprint density at radius 3 is 2.45 bits per heavy atom. The molecule has 2 N–H and O–H groups in total. The van der Waals surface area contributed by atoms with Crippen LogP contribution in [0.4, 0.5) is 0 Å². The fraction of sp³-hybridized carbons (Fsp3) is 0.588. The maximum atomic E-state index is 5.36. The third-order valence-corrected chi connectivity index (χ3v) is 3.42. The molecule has 5 heteroatoms. The molecule has 126 valence electrons. The van der Waals surface area contributed by atoms with Crippen molar-refractivity contribution in [2.45, 2.75) is 46.2 Å². The summed E-state index contributed by atoms with van der Waals surface area (Å²) in [7, 11) is 3.49. The molecule has 0 saturated carbocycles. The summed E-state index contributed by atoms with van der Waals surface area (Å²) < 4.78 is 5.36. The van der Waals surface area contributed by atoms with Crippen molar-refractivity contribution in [3.8, 4) is 5.75 Å². The smallest absolute Gasteiger partial charge is 0.191 e. The Balaban J connectivity index is 0.00000441. The van der Waals surface area contributed by atoms with E-state index in [0.29, 0.717) is 12.6 Å². The van der Waals surface area contributed by atoms with E-state index in [1.54, 1.807) is 14.2 Å². The van der Waals surface area contributed by atoms with Gasteiger partial charge in [0.2, 0.25) is 0 Å². The number of aliphatic imine (C=N–C) groups is 1. The topological polar surface area (TPSA) is 45.7 Å². The summed E-state index contributed by atoms with van der Waals surface area (Å²) in [6.45, 7) is 7.39. The van der Waals surface area contributed by atoms with Crippen LogP contribution in [0.1, 0.15) is 39.2 Å². The van der Waals surface area contributed by atoms with E-state index in [-0.39, 0.29) is 24.0 Å². The molecule has 0 aliphatic rings. The summed E-state index contributed by atoms with van der Waals surface area (Å²) in [5.41, 5.74) is 1.12. The molecule has 0 bridgehead atoms. The summed E-state index contributed by atoms with van der Waals surface area (Å²) in [5, 5.41) is 6.77. The van der Waals surface area contributed by atoms with Crippen LogP contribution in [-0.2, 0) is 6.54 Å². The van der Waals surface area contributed by atoms with Crippen LogP contribution in [0, 0.1) is 5.92 Å². The Morgan fingerprint density at radius 1 is 1.18 bits per heavy atom. The second-order valence-corrected chi connectivity index (χ2v) is 5.75. The first-order valence-corrected chi connectivity index (χ1v) is 7.65. The van der Waals surface area contributed by atoms with Gasteiger partial charge in [-0.05, 0) is 31.7 Å². The van der Waals surface area contributed by atoms with Crippen molar-refractivity contribution in [1.29, 1.82) is 0 Å². The van der Waals surface area contributed by atoms with E-state index in [1.165, 1.54) is 6.42 Å². The minimum atomic E-state index is 0. The zero-order valence-corrected chi connectivity index (χ0v) is 16.7. The first-order chi connectivity index (χ1) is 10.1. The van der Waals surface area contributed by atoms with E-state index in [1.807, 2.05) is 18.2 Å². The van der Waals surface area contributed by atoms with Crippen molar-refractivity contribution in [2.24, 2.45) is 10.9 Å². The molecule has 0 fully saturated rings. The van der Waals surface area contributed by atoms with Gasteiger partial charge in [0.25, 0.3) is 0 Å². The fourth-order valence-electron chi connectivity index (χ4n) is 2.11. The van der Waals surface area contributed by atoms with Crippen LogP contribution in [0.25, 0.3) is 0 Å². The van der Waals surface area contributed by atoms with Gasteiger partial charge in [0.1, 0.15) is 5.75 Å². The van der Waals surface area contributed by atoms with Gasteiger partial charge in [-0.25, -0.2) is 0 Å². The lowest BCUT2D eigenvalue weighted by Crippen LogP contribution is -2.42. The molecular weight excluding hydrogens is 389 g/mol. The second kappa shape index (κ2) is 11.6. The lowest BCUT2D eigenvalue weighted by molar-refractivity contribution is 0.409. The Kier molecular flexibility index (Phi) is 11.1. The minimum absolute atomic E-state index is 0. The van der Waals surface area contributed by atoms with Gasteiger partial charge in [0, 0.05) is 25.2 Å². The van der Waals surface area contributed by atoms with Crippen molar-refractivity contribution in [1.82, 2.24) is 10.6 Å². The maximum absolute atomic E-state index is 5.36. The number of methoxy groups -OCH3 is 1. The van der Waals surface area contributed by atoms with Crippen LogP contribution in [-0.4, -0.2) is 26.2 Å². The molecule has 1 atom stereocenters. The molecule has 1 aromatic rings. The predicted octanol–water partition coefficient (Wildman–Crippen LogP) is 3.80. The van der Waals surface area contributed by atoms with E-state index in [0.717, 1.165) is 29.6 Å². The molecule has 1 aromatic carbocycles. The van der Waals surface area contributed by atoms with Crippen molar-refractivity contribution in [3.05, 3.63) is 29.8 Å². The van der Waals surface area contributed by atoms with Crippen LogP contribution in [0.2, 0.25) is 0 Å². The average molecular weight is 419 g/mol. The van der Waals surface area contributed by atoms with E-state index in [2.05, 4.69) is 42.5 Å². The van der Waals surface area contributed by atoms with Crippen molar-refractivity contribution in [3.63, 3.8) is 0 Å². The van der Waals surface area contributed by atoms with Crippen molar-refractivity contribution in [2.75, 3.05) is 14.2 Å². The van der Waals surface area contributed by atoms with Crippen molar-refractivity contribution >= 4 is 29.9 Å². The molecule has 0 spiro atoms. The highest BCUT2D eigenvalue weighted by molar-refractivity contribution is 14.0. The quantitative estimate of drug-likeness (QED) is 0.402. The largest absolute Gasteiger partial charge is 0.496 e. The van der Waals surface area contributed by atoms with Crippen LogP contribution in [0.5, 0.6) is 5.75 Å². The second-order valence-electron chi connectivity index (χ2n) is 5.75. The highest BCUT2D eigenvalue weighted by atomic mass is 127. The molecule has 0 heterocycles.